The lowest BCUT2D eigenvalue weighted by Crippen LogP contribution is -2.26. The van der Waals surface area contributed by atoms with Gasteiger partial charge >= 0.3 is 0 Å². The molecule has 1 aliphatic carbocycles. The third kappa shape index (κ3) is 3.66. The smallest absolute Gasteiger partial charge is 0.161 e. The average Bonchev–Trinajstić information content (AvgIpc) is 2.52. The van der Waals surface area contributed by atoms with Crippen molar-refractivity contribution in [2.45, 2.75) is 38.5 Å². The molecule has 3 nitrogen and oxygen atoms in total. The maximum atomic E-state index is 5.62. The number of benzene rings is 1. The Morgan fingerprint density at radius 3 is 2.65 bits per heavy atom. The van der Waals surface area contributed by atoms with Gasteiger partial charge in [0.25, 0.3) is 0 Å². The minimum absolute atomic E-state index is 0.662. The molecule has 2 aliphatic rings. The van der Waals surface area contributed by atoms with E-state index in [1.807, 2.05) is 6.07 Å². The van der Waals surface area contributed by atoms with Gasteiger partial charge in [0.1, 0.15) is 13.2 Å². The molecule has 0 radical (unpaired) electrons. The molecule has 1 heterocycles. The number of hydrogen-bond donors (Lipinski definition) is 1. The number of rotatable bonds is 5. The Labute approximate surface area is 121 Å². The summed E-state index contributed by atoms with van der Waals surface area (Å²) in [5.74, 6) is 2.69. The van der Waals surface area contributed by atoms with Gasteiger partial charge in [0.05, 0.1) is 0 Å². The first-order valence-corrected chi connectivity index (χ1v) is 8.01. The SMILES string of the molecule is c1cc2c(cc1CCNCC1CCCCC1)OCCO2. The van der Waals surface area contributed by atoms with Crippen LogP contribution in [0.5, 0.6) is 11.5 Å². The monoisotopic (exact) mass is 275 g/mol. The lowest BCUT2D eigenvalue weighted by atomic mass is 9.89. The van der Waals surface area contributed by atoms with E-state index in [0.29, 0.717) is 13.2 Å². The van der Waals surface area contributed by atoms with Crippen molar-refractivity contribution in [2.75, 3.05) is 26.3 Å². The van der Waals surface area contributed by atoms with E-state index in [4.69, 9.17) is 9.47 Å². The fraction of sp³-hybridized carbons (Fsp3) is 0.647. The van der Waals surface area contributed by atoms with Crippen molar-refractivity contribution in [3.63, 3.8) is 0 Å². The Kier molecular flexibility index (Phi) is 4.80. The number of hydrogen-bond acceptors (Lipinski definition) is 3. The summed E-state index contributed by atoms with van der Waals surface area (Å²) in [4.78, 5) is 0. The fourth-order valence-corrected chi connectivity index (χ4v) is 3.17. The topological polar surface area (TPSA) is 30.5 Å². The van der Waals surface area contributed by atoms with Crippen LogP contribution in [0.3, 0.4) is 0 Å². The van der Waals surface area contributed by atoms with Crippen molar-refractivity contribution in [1.82, 2.24) is 5.32 Å². The minimum Gasteiger partial charge on any atom is -0.486 e. The molecule has 1 saturated carbocycles. The standard InChI is InChI=1S/C17H25NO2/c1-2-4-15(5-3-1)13-18-9-8-14-6-7-16-17(12-14)20-11-10-19-16/h6-7,12,15,18H,1-5,8-11,13H2. The fourth-order valence-electron chi connectivity index (χ4n) is 3.17. The Hall–Kier alpha value is -1.22. The largest absolute Gasteiger partial charge is 0.486 e. The molecule has 3 rings (SSSR count). The maximum Gasteiger partial charge on any atom is 0.161 e. The Morgan fingerprint density at radius 1 is 1.00 bits per heavy atom. The summed E-state index contributed by atoms with van der Waals surface area (Å²) >= 11 is 0. The van der Waals surface area contributed by atoms with Crippen LogP contribution in [0.25, 0.3) is 0 Å². The second kappa shape index (κ2) is 6.98. The van der Waals surface area contributed by atoms with Gasteiger partial charge in [-0.3, -0.25) is 0 Å². The average molecular weight is 275 g/mol. The highest BCUT2D eigenvalue weighted by atomic mass is 16.6. The van der Waals surface area contributed by atoms with E-state index < -0.39 is 0 Å². The summed E-state index contributed by atoms with van der Waals surface area (Å²) in [6, 6.07) is 6.30. The molecule has 0 atom stereocenters. The first-order valence-electron chi connectivity index (χ1n) is 8.01. The van der Waals surface area contributed by atoms with Crippen molar-refractivity contribution in [2.24, 2.45) is 5.92 Å². The molecule has 1 fully saturated rings. The van der Waals surface area contributed by atoms with Crippen LogP contribution in [0, 0.1) is 5.92 Å². The third-order valence-corrected chi connectivity index (χ3v) is 4.35. The molecular weight excluding hydrogens is 250 g/mol. The van der Waals surface area contributed by atoms with Gasteiger partial charge in [-0.05, 0) is 56.0 Å². The van der Waals surface area contributed by atoms with Gasteiger partial charge in [0.15, 0.2) is 11.5 Å². The van der Waals surface area contributed by atoms with E-state index in [0.717, 1.165) is 30.4 Å². The molecule has 1 aliphatic heterocycles. The molecule has 0 bridgehead atoms. The van der Waals surface area contributed by atoms with Crippen molar-refractivity contribution >= 4 is 0 Å². The normalized spacial score (nSPS) is 19.0. The van der Waals surface area contributed by atoms with Crippen LogP contribution in [-0.2, 0) is 6.42 Å². The predicted molar refractivity (Wildman–Crippen MR) is 80.6 cm³/mol. The Balaban J connectivity index is 1.41. The van der Waals surface area contributed by atoms with Crippen LogP contribution >= 0.6 is 0 Å². The molecule has 1 aromatic rings. The summed E-state index contributed by atoms with van der Waals surface area (Å²) in [5.41, 5.74) is 1.32. The van der Waals surface area contributed by atoms with Gasteiger partial charge in [-0.15, -0.1) is 0 Å². The van der Waals surface area contributed by atoms with Gasteiger partial charge in [-0.1, -0.05) is 25.3 Å². The molecule has 110 valence electrons. The number of nitrogens with one attached hydrogen (secondary N) is 1. The third-order valence-electron chi connectivity index (χ3n) is 4.35. The molecular formula is C17H25NO2. The van der Waals surface area contributed by atoms with Crippen LogP contribution in [0.1, 0.15) is 37.7 Å². The maximum absolute atomic E-state index is 5.62. The van der Waals surface area contributed by atoms with E-state index in [1.54, 1.807) is 0 Å². The Bertz CT molecular complexity index is 427. The predicted octanol–water partition coefficient (Wildman–Crippen LogP) is 3.17. The van der Waals surface area contributed by atoms with E-state index in [1.165, 1.54) is 44.2 Å². The molecule has 0 unspecified atom stereocenters. The van der Waals surface area contributed by atoms with Crippen LogP contribution in [0.15, 0.2) is 18.2 Å². The zero-order valence-corrected chi connectivity index (χ0v) is 12.2. The molecule has 0 amide bonds. The lowest BCUT2D eigenvalue weighted by molar-refractivity contribution is 0.171. The van der Waals surface area contributed by atoms with Gasteiger partial charge in [-0.25, -0.2) is 0 Å². The second-order valence-electron chi connectivity index (χ2n) is 5.94. The van der Waals surface area contributed by atoms with Crippen LogP contribution in [0.2, 0.25) is 0 Å². The molecule has 20 heavy (non-hydrogen) atoms. The lowest BCUT2D eigenvalue weighted by Gasteiger charge is -2.22. The van der Waals surface area contributed by atoms with Crippen molar-refractivity contribution in [3.8, 4) is 11.5 Å². The van der Waals surface area contributed by atoms with Gasteiger partial charge in [-0.2, -0.15) is 0 Å². The van der Waals surface area contributed by atoms with Crippen molar-refractivity contribution < 1.29 is 9.47 Å². The molecule has 1 N–H and O–H groups in total. The number of ether oxygens (including phenoxy) is 2. The summed E-state index contributed by atoms with van der Waals surface area (Å²) < 4.78 is 11.2. The van der Waals surface area contributed by atoms with Gasteiger partial charge in [0.2, 0.25) is 0 Å². The molecule has 1 aromatic carbocycles. The molecule has 0 spiro atoms. The zero-order chi connectivity index (χ0) is 13.6. The minimum atomic E-state index is 0.662. The first-order chi connectivity index (χ1) is 9.92. The highest BCUT2D eigenvalue weighted by Crippen LogP contribution is 2.30. The van der Waals surface area contributed by atoms with Crippen LogP contribution in [0.4, 0.5) is 0 Å². The van der Waals surface area contributed by atoms with E-state index in [-0.39, 0.29) is 0 Å². The zero-order valence-electron chi connectivity index (χ0n) is 12.2. The highest BCUT2D eigenvalue weighted by molar-refractivity contribution is 5.43. The van der Waals surface area contributed by atoms with Gasteiger partial charge in [0, 0.05) is 0 Å². The van der Waals surface area contributed by atoms with E-state index >= 15 is 0 Å². The summed E-state index contributed by atoms with van der Waals surface area (Å²) in [5, 5.41) is 3.61. The number of fused-ring (bicyclic) bond motifs is 1. The summed E-state index contributed by atoms with van der Waals surface area (Å²) in [6.07, 6.45) is 8.17. The quantitative estimate of drug-likeness (QED) is 0.837. The summed E-state index contributed by atoms with van der Waals surface area (Å²) in [7, 11) is 0. The van der Waals surface area contributed by atoms with Crippen LogP contribution in [-0.4, -0.2) is 26.3 Å². The molecule has 0 aromatic heterocycles. The van der Waals surface area contributed by atoms with Crippen molar-refractivity contribution in [1.29, 1.82) is 0 Å². The Morgan fingerprint density at radius 2 is 1.80 bits per heavy atom. The molecule has 3 heteroatoms. The van der Waals surface area contributed by atoms with E-state index in [2.05, 4.69) is 17.4 Å². The van der Waals surface area contributed by atoms with Crippen molar-refractivity contribution in [3.05, 3.63) is 23.8 Å². The summed E-state index contributed by atoms with van der Waals surface area (Å²) in [6.45, 7) is 3.56. The van der Waals surface area contributed by atoms with E-state index in [9.17, 15) is 0 Å². The highest BCUT2D eigenvalue weighted by Gasteiger charge is 2.13. The van der Waals surface area contributed by atoms with Crippen LogP contribution < -0.4 is 14.8 Å². The first kappa shape index (κ1) is 13.7. The molecule has 0 saturated heterocycles. The van der Waals surface area contributed by atoms with Gasteiger partial charge < -0.3 is 14.8 Å². The second-order valence-corrected chi connectivity index (χ2v) is 5.94.